The third-order valence-corrected chi connectivity index (χ3v) is 2.88. The van der Waals surface area contributed by atoms with Gasteiger partial charge in [-0.3, -0.25) is 0 Å². The van der Waals surface area contributed by atoms with Gasteiger partial charge in [-0.2, -0.15) is 0 Å². The standard InChI is InChI=1S/C15H16FN3O/c16-14-6-2-4-12(8-14)10-18-9-11-3-1-5-13(7-11)15(17)19-20/h1-8,18,20H,9-10H2,(H2,17,19). The highest BCUT2D eigenvalue weighted by Gasteiger charge is 2.01. The summed E-state index contributed by atoms with van der Waals surface area (Å²) in [6, 6.07) is 13.9. The number of nitrogens with one attached hydrogen (secondary N) is 1. The fourth-order valence-electron chi connectivity index (χ4n) is 1.90. The number of hydrogen-bond acceptors (Lipinski definition) is 3. The lowest BCUT2D eigenvalue weighted by molar-refractivity contribution is 0.318. The molecule has 0 saturated carbocycles. The Hall–Kier alpha value is -2.40. The molecule has 2 aromatic carbocycles. The van der Waals surface area contributed by atoms with Crippen molar-refractivity contribution in [2.45, 2.75) is 13.1 Å². The number of hydrogen-bond donors (Lipinski definition) is 3. The Balaban J connectivity index is 1.94. The molecule has 0 aliphatic carbocycles. The van der Waals surface area contributed by atoms with E-state index in [1.165, 1.54) is 12.1 Å². The van der Waals surface area contributed by atoms with Gasteiger partial charge in [0, 0.05) is 18.7 Å². The first kappa shape index (κ1) is 14.0. The SMILES string of the molecule is NC(=NO)c1cccc(CNCc2cccc(F)c2)c1. The number of halogens is 1. The van der Waals surface area contributed by atoms with Crippen molar-refractivity contribution in [1.82, 2.24) is 5.32 Å². The van der Waals surface area contributed by atoms with Gasteiger partial charge in [-0.25, -0.2) is 4.39 Å². The number of amidine groups is 1. The summed E-state index contributed by atoms with van der Waals surface area (Å²) < 4.78 is 13.0. The van der Waals surface area contributed by atoms with Gasteiger partial charge in [0.05, 0.1) is 0 Å². The van der Waals surface area contributed by atoms with E-state index in [1.54, 1.807) is 12.1 Å². The van der Waals surface area contributed by atoms with Crippen LogP contribution in [0.5, 0.6) is 0 Å². The van der Waals surface area contributed by atoms with Crippen molar-refractivity contribution in [1.29, 1.82) is 0 Å². The molecule has 0 aliphatic heterocycles. The van der Waals surface area contributed by atoms with E-state index >= 15 is 0 Å². The molecule has 5 heteroatoms. The van der Waals surface area contributed by atoms with E-state index in [-0.39, 0.29) is 11.7 Å². The number of benzene rings is 2. The van der Waals surface area contributed by atoms with E-state index in [2.05, 4.69) is 10.5 Å². The van der Waals surface area contributed by atoms with E-state index in [1.807, 2.05) is 24.3 Å². The molecule has 0 radical (unpaired) electrons. The fourth-order valence-corrected chi connectivity index (χ4v) is 1.90. The predicted molar refractivity (Wildman–Crippen MR) is 75.9 cm³/mol. The first-order chi connectivity index (χ1) is 9.69. The van der Waals surface area contributed by atoms with Crippen LogP contribution in [0.25, 0.3) is 0 Å². The Labute approximate surface area is 116 Å². The molecule has 4 N–H and O–H groups in total. The van der Waals surface area contributed by atoms with Gasteiger partial charge < -0.3 is 16.3 Å². The van der Waals surface area contributed by atoms with Gasteiger partial charge in [-0.1, -0.05) is 35.5 Å². The van der Waals surface area contributed by atoms with Gasteiger partial charge in [0.2, 0.25) is 0 Å². The molecule has 4 nitrogen and oxygen atoms in total. The van der Waals surface area contributed by atoms with Crippen LogP contribution in [0.15, 0.2) is 53.7 Å². The Morgan fingerprint density at radius 3 is 2.40 bits per heavy atom. The molecule has 0 aromatic heterocycles. The molecule has 0 heterocycles. The van der Waals surface area contributed by atoms with E-state index in [9.17, 15) is 4.39 Å². The molecule has 2 rings (SSSR count). The van der Waals surface area contributed by atoms with Crippen molar-refractivity contribution < 1.29 is 9.60 Å². The molecule has 20 heavy (non-hydrogen) atoms. The van der Waals surface area contributed by atoms with Crippen molar-refractivity contribution in [3.63, 3.8) is 0 Å². The van der Waals surface area contributed by atoms with Crippen LogP contribution in [0.4, 0.5) is 4.39 Å². The van der Waals surface area contributed by atoms with Crippen LogP contribution in [-0.2, 0) is 13.1 Å². The smallest absolute Gasteiger partial charge is 0.170 e. The molecule has 0 saturated heterocycles. The van der Waals surface area contributed by atoms with Gasteiger partial charge in [0.25, 0.3) is 0 Å². The predicted octanol–water partition coefficient (Wildman–Crippen LogP) is 2.21. The highest BCUT2D eigenvalue weighted by Crippen LogP contribution is 2.06. The topological polar surface area (TPSA) is 70.6 Å². The lowest BCUT2D eigenvalue weighted by atomic mass is 10.1. The zero-order chi connectivity index (χ0) is 14.4. The van der Waals surface area contributed by atoms with Crippen LogP contribution in [0, 0.1) is 5.82 Å². The molecular weight excluding hydrogens is 257 g/mol. The second kappa shape index (κ2) is 6.68. The molecule has 2 aromatic rings. The average molecular weight is 273 g/mol. The summed E-state index contributed by atoms with van der Waals surface area (Å²) in [7, 11) is 0. The van der Waals surface area contributed by atoms with Crippen LogP contribution in [0.3, 0.4) is 0 Å². The van der Waals surface area contributed by atoms with Crippen molar-refractivity contribution in [2.24, 2.45) is 10.9 Å². The Morgan fingerprint density at radius 1 is 1.10 bits per heavy atom. The van der Waals surface area contributed by atoms with Gasteiger partial charge in [-0.05, 0) is 29.3 Å². The molecular formula is C15H16FN3O. The van der Waals surface area contributed by atoms with Crippen LogP contribution in [0.1, 0.15) is 16.7 Å². The summed E-state index contributed by atoms with van der Waals surface area (Å²) in [5.41, 5.74) is 8.09. The second-order valence-corrected chi connectivity index (χ2v) is 4.42. The quantitative estimate of drug-likeness (QED) is 0.338. The van der Waals surface area contributed by atoms with E-state index < -0.39 is 0 Å². The zero-order valence-electron chi connectivity index (χ0n) is 10.9. The summed E-state index contributed by atoms with van der Waals surface area (Å²) in [5, 5.41) is 14.8. The number of nitrogens with two attached hydrogens (primary N) is 1. The van der Waals surface area contributed by atoms with Crippen molar-refractivity contribution in [3.05, 3.63) is 71.0 Å². The van der Waals surface area contributed by atoms with Gasteiger partial charge >= 0.3 is 0 Å². The maximum Gasteiger partial charge on any atom is 0.170 e. The van der Waals surface area contributed by atoms with Gasteiger partial charge in [-0.15, -0.1) is 0 Å². The summed E-state index contributed by atoms with van der Waals surface area (Å²) in [4.78, 5) is 0. The summed E-state index contributed by atoms with van der Waals surface area (Å²) in [6.07, 6.45) is 0. The lowest BCUT2D eigenvalue weighted by Gasteiger charge is -2.07. The van der Waals surface area contributed by atoms with Gasteiger partial charge in [0.15, 0.2) is 5.84 Å². The summed E-state index contributed by atoms with van der Waals surface area (Å²) in [6.45, 7) is 1.19. The minimum absolute atomic E-state index is 0.0805. The van der Waals surface area contributed by atoms with Crippen molar-refractivity contribution >= 4 is 5.84 Å². The summed E-state index contributed by atoms with van der Waals surface area (Å²) in [5.74, 6) is -0.157. The van der Waals surface area contributed by atoms with E-state index in [0.717, 1.165) is 11.1 Å². The molecule has 0 aliphatic rings. The number of oxime groups is 1. The lowest BCUT2D eigenvalue weighted by Crippen LogP contribution is -2.15. The molecule has 0 atom stereocenters. The largest absolute Gasteiger partial charge is 0.409 e. The first-order valence-corrected chi connectivity index (χ1v) is 6.21. The molecule has 104 valence electrons. The van der Waals surface area contributed by atoms with E-state index in [0.29, 0.717) is 18.7 Å². The second-order valence-electron chi connectivity index (χ2n) is 4.42. The third-order valence-electron chi connectivity index (χ3n) is 2.88. The van der Waals surface area contributed by atoms with Crippen molar-refractivity contribution in [3.8, 4) is 0 Å². The maximum atomic E-state index is 13.0. The first-order valence-electron chi connectivity index (χ1n) is 6.21. The molecule has 0 amide bonds. The molecule has 0 spiro atoms. The number of rotatable bonds is 5. The molecule has 0 bridgehead atoms. The number of nitrogens with zero attached hydrogens (tertiary/aromatic N) is 1. The Bertz CT molecular complexity index is 614. The molecule has 0 unspecified atom stereocenters. The van der Waals surface area contributed by atoms with Crippen LogP contribution < -0.4 is 11.1 Å². The summed E-state index contributed by atoms with van der Waals surface area (Å²) >= 11 is 0. The fraction of sp³-hybridized carbons (Fsp3) is 0.133. The van der Waals surface area contributed by atoms with E-state index in [4.69, 9.17) is 10.9 Å². The highest BCUT2D eigenvalue weighted by molar-refractivity contribution is 5.97. The minimum Gasteiger partial charge on any atom is -0.409 e. The maximum absolute atomic E-state index is 13.0. The minimum atomic E-state index is -0.238. The normalized spacial score (nSPS) is 11.6. The van der Waals surface area contributed by atoms with Crippen molar-refractivity contribution in [2.75, 3.05) is 0 Å². The van der Waals surface area contributed by atoms with Crippen LogP contribution in [-0.4, -0.2) is 11.0 Å². The van der Waals surface area contributed by atoms with Crippen LogP contribution >= 0.6 is 0 Å². The third kappa shape index (κ3) is 3.80. The average Bonchev–Trinajstić information content (AvgIpc) is 2.47. The Kier molecular flexibility index (Phi) is 4.68. The molecule has 0 fully saturated rings. The van der Waals surface area contributed by atoms with Crippen LogP contribution in [0.2, 0.25) is 0 Å². The Morgan fingerprint density at radius 2 is 1.75 bits per heavy atom. The monoisotopic (exact) mass is 273 g/mol. The van der Waals surface area contributed by atoms with Gasteiger partial charge in [0.1, 0.15) is 5.82 Å². The highest BCUT2D eigenvalue weighted by atomic mass is 19.1. The zero-order valence-corrected chi connectivity index (χ0v) is 10.9.